The van der Waals surface area contributed by atoms with Crippen molar-refractivity contribution >= 4 is 34.2 Å². The fourth-order valence-corrected chi connectivity index (χ4v) is 3.63. The summed E-state index contributed by atoms with van der Waals surface area (Å²) in [6.45, 7) is 2.39. The van der Waals surface area contributed by atoms with Gasteiger partial charge in [-0.25, -0.2) is 4.68 Å². The number of nitrogens with one attached hydrogen (secondary N) is 1. The van der Waals surface area contributed by atoms with Crippen LogP contribution < -0.4 is 11.1 Å². The maximum Gasteiger partial charge on any atom is 0.255 e. The van der Waals surface area contributed by atoms with E-state index in [2.05, 4.69) is 26.3 Å². The van der Waals surface area contributed by atoms with Gasteiger partial charge in [0.05, 0.1) is 28.7 Å². The van der Waals surface area contributed by atoms with E-state index in [1.807, 2.05) is 31.2 Å². The van der Waals surface area contributed by atoms with E-state index in [0.717, 1.165) is 41.5 Å². The predicted molar refractivity (Wildman–Crippen MR) is 101 cm³/mol. The topological polar surface area (TPSA) is 72.9 Å². The highest BCUT2D eigenvalue weighted by Gasteiger charge is 2.34. The predicted octanol–water partition coefficient (Wildman–Crippen LogP) is 3.37. The van der Waals surface area contributed by atoms with Crippen molar-refractivity contribution in [3.63, 3.8) is 0 Å². The molecule has 1 aromatic heterocycles. The number of halogens is 2. The lowest BCUT2D eigenvalue weighted by Gasteiger charge is -2.28. The van der Waals surface area contributed by atoms with Gasteiger partial charge >= 0.3 is 0 Å². The molecular weight excluding hydrogens is 392 g/mol. The van der Waals surface area contributed by atoms with E-state index >= 15 is 0 Å². The molecule has 0 saturated heterocycles. The van der Waals surface area contributed by atoms with Gasteiger partial charge in [0.1, 0.15) is 0 Å². The molecule has 130 valence electrons. The summed E-state index contributed by atoms with van der Waals surface area (Å²) < 4.78 is 2.76. The molecule has 7 heteroatoms. The number of carbonyl (C=O) groups is 1. The van der Waals surface area contributed by atoms with E-state index in [-0.39, 0.29) is 23.9 Å². The molecule has 0 atom stereocenters. The number of hydrogen-bond donors (Lipinski definition) is 2. The van der Waals surface area contributed by atoms with Crippen LogP contribution in [0.3, 0.4) is 0 Å². The zero-order chi connectivity index (χ0) is 16.4. The number of amides is 1. The Morgan fingerprint density at radius 2 is 2.12 bits per heavy atom. The Balaban J connectivity index is 0.00000208. The number of hydrogen-bond acceptors (Lipinski definition) is 3. The lowest BCUT2D eigenvalue weighted by molar-refractivity contribution is 0.0902. The third-order valence-electron chi connectivity index (χ3n) is 4.64. The second-order valence-electron chi connectivity index (χ2n) is 6.18. The Bertz CT molecular complexity index is 725. The number of nitrogens with zero attached hydrogens (tertiary/aromatic N) is 2. The van der Waals surface area contributed by atoms with E-state index in [9.17, 15) is 4.79 Å². The molecule has 0 aliphatic heterocycles. The molecule has 0 unspecified atom stereocenters. The van der Waals surface area contributed by atoms with Gasteiger partial charge < -0.3 is 11.1 Å². The molecule has 1 aliphatic rings. The first kappa shape index (κ1) is 19.0. The van der Waals surface area contributed by atoms with Crippen LogP contribution in [0.5, 0.6) is 0 Å². The second-order valence-corrected chi connectivity index (χ2v) is 7.10. The standard InChI is InChI=1S/C17H21BrN4O.ClH/c1-12-15(16(23)21-17(11-19)7-2-3-8-17)10-20-22(12)14-6-4-5-13(18)9-14;/h4-6,9-10H,2-3,7-8,11,19H2,1H3,(H,21,23);1H. The quantitative estimate of drug-likeness (QED) is 0.807. The molecular formula is C17H22BrClN4O. The number of carbonyl (C=O) groups excluding carboxylic acids is 1. The van der Waals surface area contributed by atoms with Crippen LogP contribution in [0.4, 0.5) is 0 Å². The van der Waals surface area contributed by atoms with Gasteiger partial charge in [-0.2, -0.15) is 5.10 Å². The van der Waals surface area contributed by atoms with Crippen LogP contribution >= 0.6 is 28.3 Å². The molecule has 1 heterocycles. The summed E-state index contributed by atoms with van der Waals surface area (Å²) in [6.07, 6.45) is 5.77. The normalized spacial score (nSPS) is 15.8. The van der Waals surface area contributed by atoms with E-state index in [1.54, 1.807) is 10.9 Å². The van der Waals surface area contributed by atoms with Crippen LogP contribution in [0.1, 0.15) is 41.7 Å². The zero-order valence-corrected chi connectivity index (χ0v) is 16.0. The van der Waals surface area contributed by atoms with Crippen molar-refractivity contribution in [1.82, 2.24) is 15.1 Å². The van der Waals surface area contributed by atoms with E-state index < -0.39 is 0 Å². The van der Waals surface area contributed by atoms with Crippen molar-refractivity contribution in [2.24, 2.45) is 5.73 Å². The first-order valence-corrected chi connectivity index (χ1v) is 8.67. The van der Waals surface area contributed by atoms with Crippen molar-refractivity contribution in [3.8, 4) is 5.69 Å². The van der Waals surface area contributed by atoms with E-state index in [0.29, 0.717) is 12.1 Å². The molecule has 5 nitrogen and oxygen atoms in total. The van der Waals surface area contributed by atoms with Gasteiger partial charge in [0, 0.05) is 11.0 Å². The molecule has 1 fully saturated rings. The summed E-state index contributed by atoms with van der Waals surface area (Å²) in [4.78, 5) is 12.7. The van der Waals surface area contributed by atoms with Crippen LogP contribution in [0.2, 0.25) is 0 Å². The average molecular weight is 414 g/mol. The smallest absolute Gasteiger partial charge is 0.255 e. The Kier molecular flexibility index (Phi) is 6.06. The molecule has 24 heavy (non-hydrogen) atoms. The summed E-state index contributed by atoms with van der Waals surface area (Å²) in [6, 6.07) is 7.84. The largest absolute Gasteiger partial charge is 0.345 e. The highest BCUT2D eigenvalue weighted by atomic mass is 79.9. The number of aromatic nitrogens is 2. The summed E-state index contributed by atoms with van der Waals surface area (Å²) >= 11 is 3.46. The van der Waals surface area contributed by atoms with Crippen LogP contribution in [0.25, 0.3) is 5.69 Å². The van der Waals surface area contributed by atoms with Gasteiger partial charge in [-0.3, -0.25) is 4.79 Å². The van der Waals surface area contributed by atoms with Crippen molar-refractivity contribution in [3.05, 3.63) is 46.2 Å². The van der Waals surface area contributed by atoms with Gasteiger partial charge in [-0.1, -0.05) is 34.8 Å². The highest BCUT2D eigenvalue weighted by molar-refractivity contribution is 9.10. The maximum absolute atomic E-state index is 12.7. The zero-order valence-electron chi connectivity index (χ0n) is 13.6. The molecule has 1 aliphatic carbocycles. The molecule has 0 radical (unpaired) electrons. The molecule has 3 rings (SSSR count). The van der Waals surface area contributed by atoms with Crippen LogP contribution in [0, 0.1) is 6.92 Å². The van der Waals surface area contributed by atoms with E-state index in [1.165, 1.54) is 0 Å². The lowest BCUT2D eigenvalue weighted by Crippen LogP contribution is -2.51. The molecule has 1 aromatic carbocycles. The second kappa shape index (κ2) is 7.68. The van der Waals surface area contributed by atoms with Crippen molar-refractivity contribution < 1.29 is 4.79 Å². The minimum atomic E-state index is -0.249. The fourth-order valence-electron chi connectivity index (χ4n) is 3.24. The first-order chi connectivity index (χ1) is 11.0. The number of nitrogens with two attached hydrogens (primary N) is 1. The maximum atomic E-state index is 12.7. The summed E-state index contributed by atoms with van der Waals surface area (Å²) in [5, 5.41) is 7.52. The SMILES string of the molecule is Cc1c(C(=O)NC2(CN)CCCC2)cnn1-c1cccc(Br)c1.Cl. The Labute approximate surface area is 156 Å². The van der Waals surface area contributed by atoms with E-state index in [4.69, 9.17) is 5.73 Å². The van der Waals surface area contributed by atoms with Crippen LogP contribution in [-0.4, -0.2) is 27.8 Å². The first-order valence-electron chi connectivity index (χ1n) is 7.88. The molecule has 1 amide bonds. The van der Waals surface area contributed by atoms with Crippen molar-refractivity contribution in [2.45, 2.75) is 38.1 Å². The van der Waals surface area contributed by atoms with Crippen LogP contribution in [0.15, 0.2) is 34.9 Å². The summed E-state index contributed by atoms with van der Waals surface area (Å²) in [7, 11) is 0. The summed E-state index contributed by atoms with van der Waals surface area (Å²) in [5.74, 6) is -0.0869. The molecule has 0 bridgehead atoms. The van der Waals surface area contributed by atoms with Crippen LogP contribution in [-0.2, 0) is 0 Å². The third kappa shape index (κ3) is 3.66. The Hall–Kier alpha value is -1.37. The van der Waals surface area contributed by atoms with Crippen molar-refractivity contribution in [2.75, 3.05) is 6.54 Å². The highest BCUT2D eigenvalue weighted by Crippen LogP contribution is 2.29. The molecule has 1 saturated carbocycles. The van der Waals surface area contributed by atoms with Gasteiger partial charge in [-0.05, 0) is 38.0 Å². The Morgan fingerprint density at radius 1 is 1.42 bits per heavy atom. The van der Waals surface area contributed by atoms with Gasteiger partial charge in [0.2, 0.25) is 0 Å². The van der Waals surface area contributed by atoms with Crippen molar-refractivity contribution in [1.29, 1.82) is 0 Å². The minimum Gasteiger partial charge on any atom is -0.345 e. The average Bonchev–Trinajstić information content (AvgIpc) is 3.14. The lowest BCUT2D eigenvalue weighted by atomic mass is 9.97. The third-order valence-corrected chi connectivity index (χ3v) is 5.13. The fraction of sp³-hybridized carbons (Fsp3) is 0.412. The minimum absolute atomic E-state index is 0. The molecule has 0 spiro atoms. The Morgan fingerprint density at radius 3 is 2.75 bits per heavy atom. The number of rotatable bonds is 4. The molecule has 2 aromatic rings. The monoisotopic (exact) mass is 412 g/mol. The van der Waals surface area contributed by atoms with Gasteiger partial charge in [0.15, 0.2) is 0 Å². The van der Waals surface area contributed by atoms with Gasteiger partial charge in [-0.15, -0.1) is 12.4 Å². The summed E-state index contributed by atoms with van der Waals surface area (Å²) in [5.41, 5.74) is 8.00. The molecule has 3 N–H and O–H groups in total. The van der Waals surface area contributed by atoms with Gasteiger partial charge in [0.25, 0.3) is 5.91 Å². The number of benzene rings is 1.